The maximum absolute atomic E-state index is 11.8. The minimum Gasteiger partial charge on any atom is -0.456 e. The summed E-state index contributed by atoms with van der Waals surface area (Å²) in [5, 5.41) is 0.462. The van der Waals surface area contributed by atoms with Gasteiger partial charge in [0.2, 0.25) is 0 Å². The summed E-state index contributed by atoms with van der Waals surface area (Å²) in [7, 11) is 0. The Morgan fingerprint density at radius 2 is 2.38 bits per heavy atom. The molecule has 1 aromatic carbocycles. The minimum atomic E-state index is -0.449. The van der Waals surface area contributed by atoms with Gasteiger partial charge < -0.3 is 15.2 Å². The highest BCUT2D eigenvalue weighted by Crippen LogP contribution is 2.20. The van der Waals surface area contributed by atoms with Crippen LogP contribution >= 0.6 is 11.6 Å². The smallest absolute Gasteiger partial charge is 0.340 e. The number of carbonyl (C=O) groups is 1. The van der Waals surface area contributed by atoms with Crippen LogP contribution in [-0.4, -0.2) is 25.3 Å². The molecule has 0 saturated carbocycles. The standard InChI is InChI=1S/C11H12ClNO3/c12-7-1-2-10(13)9(5-7)11(14)16-8-3-4-15-6-8/h1-2,5,8H,3-4,6,13H2. The van der Waals surface area contributed by atoms with Gasteiger partial charge in [-0.3, -0.25) is 0 Å². The van der Waals surface area contributed by atoms with E-state index in [4.69, 9.17) is 26.8 Å². The zero-order chi connectivity index (χ0) is 11.5. The maximum atomic E-state index is 11.8. The molecule has 1 fully saturated rings. The molecule has 0 bridgehead atoms. The van der Waals surface area contributed by atoms with Crippen molar-refractivity contribution in [2.75, 3.05) is 18.9 Å². The summed E-state index contributed by atoms with van der Waals surface area (Å²) >= 11 is 5.79. The van der Waals surface area contributed by atoms with Gasteiger partial charge in [-0.1, -0.05) is 11.6 Å². The largest absolute Gasteiger partial charge is 0.456 e. The van der Waals surface area contributed by atoms with Crippen molar-refractivity contribution < 1.29 is 14.3 Å². The predicted octanol–water partition coefficient (Wildman–Crippen LogP) is 1.87. The molecule has 2 N–H and O–H groups in total. The molecule has 1 heterocycles. The Morgan fingerprint density at radius 1 is 1.56 bits per heavy atom. The fourth-order valence-electron chi connectivity index (χ4n) is 1.53. The highest BCUT2D eigenvalue weighted by atomic mass is 35.5. The topological polar surface area (TPSA) is 61.6 Å². The van der Waals surface area contributed by atoms with Crippen molar-refractivity contribution in [3.8, 4) is 0 Å². The van der Waals surface area contributed by atoms with Crippen LogP contribution in [0, 0.1) is 0 Å². The second kappa shape index (κ2) is 4.72. The highest BCUT2D eigenvalue weighted by molar-refractivity contribution is 6.31. The molecule has 1 aliphatic rings. The van der Waals surface area contributed by atoms with Gasteiger partial charge in [-0.05, 0) is 18.2 Å². The van der Waals surface area contributed by atoms with Crippen molar-refractivity contribution in [3.05, 3.63) is 28.8 Å². The van der Waals surface area contributed by atoms with Crippen LogP contribution in [0.15, 0.2) is 18.2 Å². The fraction of sp³-hybridized carbons (Fsp3) is 0.364. The summed E-state index contributed by atoms with van der Waals surface area (Å²) < 4.78 is 10.3. The number of nitrogens with two attached hydrogens (primary N) is 1. The summed E-state index contributed by atoms with van der Waals surface area (Å²) in [6.45, 7) is 1.08. The molecule has 1 saturated heterocycles. The Morgan fingerprint density at radius 3 is 3.06 bits per heavy atom. The second-order valence-corrected chi connectivity index (χ2v) is 4.06. The van der Waals surface area contributed by atoms with Gasteiger partial charge in [-0.15, -0.1) is 0 Å². The number of benzene rings is 1. The monoisotopic (exact) mass is 241 g/mol. The molecule has 1 atom stereocenters. The summed E-state index contributed by atoms with van der Waals surface area (Å²) in [6.07, 6.45) is 0.553. The Balaban J connectivity index is 2.10. The lowest BCUT2D eigenvalue weighted by Crippen LogP contribution is -2.19. The van der Waals surface area contributed by atoms with E-state index in [-0.39, 0.29) is 6.10 Å². The molecular weight excluding hydrogens is 230 g/mol. The van der Waals surface area contributed by atoms with E-state index >= 15 is 0 Å². The molecule has 0 aliphatic carbocycles. The van der Waals surface area contributed by atoms with Crippen LogP contribution in [0.2, 0.25) is 5.02 Å². The molecule has 2 rings (SSSR count). The van der Waals surface area contributed by atoms with Crippen LogP contribution in [0.25, 0.3) is 0 Å². The van der Waals surface area contributed by atoms with Crippen LogP contribution in [-0.2, 0) is 9.47 Å². The first-order valence-electron chi connectivity index (χ1n) is 5.00. The molecule has 0 spiro atoms. The zero-order valence-corrected chi connectivity index (χ0v) is 9.37. The first-order valence-corrected chi connectivity index (χ1v) is 5.38. The van der Waals surface area contributed by atoms with Crippen molar-refractivity contribution in [1.82, 2.24) is 0 Å². The van der Waals surface area contributed by atoms with E-state index in [0.29, 0.717) is 29.5 Å². The number of ether oxygens (including phenoxy) is 2. The Labute approximate surface area is 98.3 Å². The number of carbonyl (C=O) groups excluding carboxylic acids is 1. The molecule has 0 radical (unpaired) electrons. The third kappa shape index (κ3) is 2.46. The maximum Gasteiger partial charge on any atom is 0.340 e. The lowest BCUT2D eigenvalue weighted by Gasteiger charge is -2.11. The normalized spacial score (nSPS) is 19.7. The molecule has 0 aromatic heterocycles. The second-order valence-electron chi connectivity index (χ2n) is 3.62. The summed E-state index contributed by atoms with van der Waals surface area (Å²) in [6, 6.07) is 4.73. The van der Waals surface area contributed by atoms with Crippen molar-refractivity contribution in [3.63, 3.8) is 0 Å². The van der Waals surface area contributed by atoms with Crippen molar-refractivity contribution in [2.24, 2.45) is 0 Å². The van der Waals surface area contributed by atoms with E-state index in [1.165, 1.54) is 6.07 Å². The van der Waals surface area contributed by atoms with Crippen LogP contribution in [0.1, 0.15) is 16.8 Å². The molecule has 1 aromatic rings. The van der Waals surface area contributed by atoms with Gasteiger partial charge in [0.1, 0.15) is 6.10 Å². The van der Waals surface area contributed by atoms with Gasteiger partial charge in [-0.25, -0.2) is 4.79 Å². The Hall–Kier alpha value is -1.26. The van der Waals surface area contributed by atoms with Gasteiger partial charge in [0.25, 0.3) is 0 Å². The van der Waals surface area contributed by atoms with Crippen LogP contribution in [0.5, 0.6) is 0 Å². The first kappa shape index (κ1) is 11.2. The number of rotatable bonds is 2. The van der Waals surface area contributed by atoms with Gasteiger partial charge in [0.15, 0.2) is 0 Å². The number of esters is 1. The Bertz CT molecular complexity index is 402. The molecule has 5 heteroatoms. The number of anilines is 1. The van der Waals surface area contributed by atoms with Gasteiger partial charge in [0, 0.05) is 17.1 Å². The predicted molar refractivity (Wildman–Crippen MR) is 60.5 cm³/mol. The van der Waals surface area contributed by atoms with E-state index in [0.717, 1.165) is 6.42 Å². The molecule has 1 aliphatic heterocycles. The fourth-order valence-corrected chi connectivity index (χ4v) is 1.70. The van der Waals surface area contributed by atoms with Crippen molar-refractivity contribution in [1.29, 1.82) is 0 Å². The van der Waals surface area contributed by atoms with Crippen LogP contribution in [0.3, 0.4) is 0 Å². The number of halogens is 1. The van der Waals surface area contributed by atoms with E-state index in [2.05, 4.69) is 0 Å². The van der Waals surface area contributed by atoms with Gasteiger partial charge in [0.05, 0.1) is 18.8 Å². The molecular formula is C11H12ClNO3. The summed E-state index contributed by atoms with van der Waals surface area (Å²) in [4.78, 5) is 11.8. The number of hydrogen-bond acceptors (Lipinski definition) is 4. The van der Waals surface area contributed by atoms with Crippen LogP contribution in [0.4, 0.5) is 5.69 Å². The SMILES string of the molecule is Nc1ccc(Cl)cc1C(=O)OC1CCOC1. The highest BCUT2D eigenvalue weighted by Gasteiger charge is 2.22. The van der Waals surface area contributed by atoms with Gasteiger partial charge in [-0.2, -0.15) is 0 Å². The number of nitrogen functional groups attached to an aromatic ring is 1. The molecule has 16 heavy (non-hydrogen) atoms. The molecule has 1 unspecified atom stereocenters. The average molecular weight is 242 g/mol. The van der Waals surface area contributed by atoms with Crippen molar-refractivity contribution >= 4 is 23.3 Å². The molecule has 0 amide bonds. The molecule has 4 nitrogen and oxygen atoms in total. The third-order valence-electron chi connectivity index (χ3n) is 2.40. The van der Waals surface area contributed by atoms with E-state index in [9.17, 15) is 4.79 Å². The quantitative estimate of drug-likeness (QED) is 0.634. The lowest BCUT2D eigenvalue weighted by molar-refractivity contribution is 0.0272. The lowest BCUT2D eigenvalue weighted by atomic mass is 10.2. The van der Waals surface area contributed by atoms with Crippen LogP contribution < -0.4 is 5.73 Å². The minimum absolute atomic E-state index is 0.175. The van der Waals surface area contributed by atoms with Gasteiger partial charge >= 0.3 is 5.97 Å². The zero-order valence-electron chi connectivity index (χ0n) is 8.61. The van der Waals surface area contributed by atoms with Crippen molar-refractivity contribution in [2.45, 2.75) is 12.5 Å². The van der Waals surface area contributed by atoms with E-state index in [1.807, 2.05) is 0 Å². The third-order valence-corrected chi connectivity index (χ3v) is 2.63. The first-order chi connectivity index (χ1) is 7.66. The van der Waals surface area contributed by atoms with E-state index in [1.54, 1.807) is 12.1 Å². The number of hydrogen-bond donors (Lipinski definition) is 1. The van der Waals surface area contributed by atoms with E-state index < -0.39 is 5.97 Å². The summed E-state index contributed by atoms with van der Waals surface area (Å²) in [5.41, 5.74) is 6.35. The molecule has 86 valence electrons. The summed E-state index contributed by atoms with van der Waals surface area (Å²) in [5.74, 6) is -0.449. The Kier molecular flexibility index (Phi) is 3.31. The average Bonchev–Trinajstić information content (AvgIpc) is 2.74.